The quantitative estimate of drug-likeness (QED) is 0.848. The van der Waals surface area contributed by atoms with E-state index in [4.69, 9.17) is 0 Å². The Bertz CT molecular complexity index is 948. The molecule has 24 heavy (non-hydrogen) atoms. The summed E-state index contributed by atoms with van der Waals surface area (Å²) < 4.78 is 23.4. The van der Waals surface area contributed by atoms with Gasteiger partial charge in [0.05, 0.1) is 5.69 Å². The summed E-state index contributed by atoms with van der Waals surface area (Å²) in [5.74, 6) is 0. The monoisotopic (exact) mass is 347 g/mol. The first kappa shape index (κ1) is 16.9. The van der Waals surface area contributed by atoms with E-state index in [1.54, 1.807) is 0 Å². The van der Waals surface area contributed by atoms with E-state index in [0.717, 1.165) is 19.3 Å². The summed E-state index contributed by atoms with van der Waals surface area (Å²) in [6.07, 6.45) is 1.63. The minimum atomic E-state index is -3.53. The van der Waals surface area contributed by atoms with Crippen molar-refractivity contribution in [2.45, 2.75) is 38.5 Å². The van der Waals surface area contributed by atoms with E-state index in [-0.39, 0.29) is 10.7 Å². The van der Waals surface area contributed by atoms with Crippen LogP contribution >= 0.6 is 0 Å². The predicted octanol–water partition coefficient (Wildman–Crippen LogP) is 1.35. The number of aromatic amines is 1. The molecule has 1 aromatic carbocycles. The maximum atomic E-state index is 12.1. The average Bonchev–Trinajstić information content (AvgIpc) is 2.49. The molecule has 7 heteroatoms. The van der Waals surface area contributed by atoms with Crippen LogP contribution in [-0.4, -0.2) is 36.1 Å². The Hall–Kier alpha value is -1.99. The molecule has 0 spiro atoms. The summed E-state index contributed by atoms with van der Waals surface area (Å²) in [4.78, 5) is 20.9. The minimum absolute atomic E-state index is 0.250. The number of H-pyrrole nitrogens is 1. The normalized spacial score (nSPS) is 15.3. The van der Waals surface area contributed by atoms with Crippen molar-refractivity contribution in [1.29, 1.82) is 0 Å². The predicted molar refractivity (Wildman–Crippen MR) is 91.7 cm³/mol. The Morgan fingerprint density at radius 3 is 2.75 bits per heavy atom. The van der Waals surface area contributed by atoms with E-state index in [2.05, 4.69) is 46.9 Å². The highest BCUT2D eigenvalue weighted by Gasteiger charge is 2.23. The molecule has 0 unspecified atom stereocenters. The molecule has 6 nitrogen and oxygen atoms in total. The number of rotatable bonds is 3. The fourth-order valence-electron chi connectivity index (χ4n) is 2.99. The van der Waals surface area contributed by atoms with Gasteiger partial charge in [-0.2, -0.15) is 0 Å². The second-order valence-corrected chi connectivity index (χ2v) is 8.39. The van der Waals surface area contributed by atoms with Crippen LogP contribution in [0, 0.1) is 13.8 Å². The summed E-state index contributed by atoms with van der Waals surface area (Å²) in [6, 6.07) is 6.36. The smallest absolute Gasteiger partial charge is 0.255 e. The molecule has 0 atom stereocenters. The molecule has 0 bridgehead atoms. The molecule has 1 aliphatic heterocycles. The van der Waals surface area contributed by atoms with Gasteiger partial charge in [0.25, 0.3) is 5.56 Å². The van der Waals surface area contributed by atoms with Gasteiger partial charge in [-0.15, -0.1) is 0 Å². The van der Waals surface area contributed by atoms with Crippen molar-refractivity contribution in [3.8, 4) is 0 Å². The third kappa shape index (κ3) is 3.42. The topological polar surface area (TPSA) is 83.1 Å². The van der Waals surface area contributed by atoms with Crippen LogP contribution in [0.15, 0.2) is 28.2 Å². The zero-order chi connectivity index (χ0) is 17.5. The minimum Gasteiger partial charge on any atom is -0.297 e. The molecule has 2 aromatic rings. The third-order valence-corrected chi connectivity index (χ3v) is 5.28. The molecule has 0 aliphatic carbocycles. The molecular formula is C17H21N3O3S. The van der Waals surface area contributed by atoms with Crippen LogP contribution < -0.4 is 5.56 Å². The highest BCUT2D eigenvalue weighted by molar-refractivity contribution is 7.90. The maximum absolute atomic E-state index is 12.1. The Labute approximate surface area is 141 Å². The molecular weight excluding hydrogens is 326 g/mol. The summed E-state index contributed by atoms with van der Waals surface area (Å²) in [5.41, 5.74) is 4.50. The summed E-state index contributed by atoms with van der Waals surface area (Å²) in [7, 11) is -3.53. The molecule has 0 saturated heterocycles. The number of nitrogens with zero attached hydrogens (tertiary/aromatic N) is 2. The number of nitrogens with one attached hydrogen (secondary N) is 1. The van der Waals surface area contributed by atoms with Crippen LogP contribution in [0.4, 0.5) is 0 Å². The highest BCUT2D eigenvalue weighted by atomic mass is 32.2. The standard InChI is InChI=1S/C17H21N3O3S/c1-11-4-5-12(2)13(8-11)9-20-7-6-14-15(10-20)18-17(19-16(14)21)24(3,22)23/h4-5,8H,6-7,9-10H2,1-3H3,(H,18,19,21). The molecule has 1 aliphatic rings. The van der Waals surface area contributed by atoms with Crippen LogP contribution in [0.25, 0.3) is 0 Å². The van der Waals surface area contributed by atoms with Gasteiger partial charge in [0.1, 0.15) is 0 Å². The molecule has 128 valence electrons. The van der Waals surface area contributed by atoms with Gasteiger partial charge in [0.15, 0.2) is 0 Å². The zero-order valence-electron chi connectivity index (χ0n) is 14.1. The van der Waals surface area contributed by atoms with Gasteiger partial charge in [-0.05, 0) is 31.4 Å². The number of aromatic nitrogens is 2. The number of benzene rings is 1. The Morgan fingerprint density at radius 1 is 1.29 bits per heavy atom. The number of hydrogen-bond acceptors (Lipinski definition) is 5. The molecule has 1 N–H and O–H groups in total. The van der Waals surface area contributed by atoms with Gasteiger partial charge in [0, 0.05) is 31.5 Å². The van der Waals surface area contributed by atoms with Crippen molar-refractivity contribution in [3.05, 3.63) is 56.5 Å². The van der Waals surface area contributed by atoms with Crippen LogP contribution in [0.1, 0.15) is 27.9 Å². The summed E-state index contributed by atoms with van der Waals surface area (Å²) in [5, 5.41) is -0.250. The second-order valence-electron chi connectivity index (χ2n) is 6.46. The summed E-state index contributed by atoms with van der Waals surface area (Å²) >= 11 is 0. The van der Waals surface area contributed by atoms with Crippen molar-refractivity contribution in [1.82, 2.24) is 14.9 Å². The van der Waals surface area contributed by atoms with Crippen molar-refractivity contribution >= 4 is 9.84 Å². The van der Waals surface area contributed by atoms with Crippen molar-refractivity contribution in [3.63, 3.8) is 0 Å². The van der Waals surface area contributed by atoms with E-state index in [9.17, 15) is 13.2 Å². The van der Waals surface area contributed by atoms with E-state index >= 15 is 0 Å². The Kier molecular flexibility index (Phi) is 4.31. The number of hydrogen-bond donors (Lipinski definition) is 1. The van der Waals surface area contributed by atoms with Gasteiger partial charge in [-0.25, -0.2) is 13.4 Å². The largest absolute Gasteiger partial charge is 0.297 e. The van der Waals surface area contributed by atoms with Gasteiger partial charge in [-0.3, -0.25) is 14.7 Å². The van der Waals surface area contributed by atoms with Crippen LogP contribution in [0.5, 0.6) is 0 Å². The van der Waals surface area contributed by atoms with Crippen LogP contribution in [0.3, 0.4) is 0 Å². The molecule has 3 rings (SSSR count). The Morgan fingerprint density at radius 2 is 2.04 bits per heavy atom. The Balaban J connectivity index is 1.90. The van der Waals surface area contributed by atoms with Gasteiger partial charge in [0.2, 0.25) is 15.0 Å². The van der Waals surface area contributed by atoms with Crippen molar-refractivity contribution in [2.75, 3.05) is 12.8 Å². The van der Waals surface area contributed by atoms with Gasteiger partial charge < -0.3 is 0 Å². The van der Waals surface area contributed by atoms with Gasteiger partial charge >= 0.3 is 0 Å². The molecule has 0 amide bonds. The average molecular weight is 347 g/mol. The summed E-state index contributed by atoms with van der Waals surface area (Å²) in [6.45, 7) is 6.14. The molecule has 0 saturated carbocycles. The SMILES string of the molecule is Cc1ccc(C)c(CN2CCc3c(nc(S(C)(=O)=O)[nH]c3=O)C2)c1. The molecule has 0 radical (unpaired) electrons. The van der Waals surface area contributed by atoms with E-state index in [0.29, 0.717) is 24.2 Å². The maximum Gasteiger partial charge on any atom is 0.255 e. The fourth-order valence-corrected chi connectivity index (χ4v) is 3.55. The molecule has 0 fully saturated rings. The number of sulfone groups is 1. The highest BCUT2D eigenvalue weighted by Crippen LogP contribution is 2.19. The number of aryl methyl sites for hydroxylation is 2. The van der Waals surface area contributed by atoms with E-state index in [1.807, 2.05) is 0 Å². The molecule has 1 aromatic heterocycles. The third-order valence-electron chi connectivity index (χ3n) is 4.38. The van der Waals surface area contributed by atoms with Gasteiger partial charge in [-0.1, -0.05) is 23.8 Å². The van der Waals surface area contributed by atoms with E-state index < -0.39 is 9.84 Å². The van der Waals surface area contributed by atoms with Crippen LogP contribution in [-0.2, 0) is 29.3 Å². The number of fused-ring (bicyclic) bond motifs is 1. The van der Waals surface area contributed by atoms with Crippen LogP contribution in [0.2, 0.25) is 0 Å². The van der Waals surface area contributed by atoms with E-state index in [1.165, 1.54) is 16.7 Å². The lowest BCUT2D eigenvalue weighted by atomic mass is 10.0. The second kappa shape index (κ2) is 6.14. The zero-order valence-corrected chi connectivity index (χ0v) is 14.9. The lowest BCUT2D eigenvalue weighted by molar-refractivity contribution is 0.238. The lowest BCUT2D eigenvalue weighted by Crippen LogP contribution is -2.35. The first-order valence-electron chi connectivity index (χ1n) is 7.84. The lowest BCUT2D eigenvalue weighted by Gasteiger charge is -2.28. The first-order chi connectivity index (χ1) is 11.2. The molecule has 2 heterocycles. The fraction of sp³-hybridized carbons (Fsp3) is 0.412. The van der Waals surface area contributed by atoms with Crippen molar-refractivity contribution in [2.24, 2.45) is 0 Å². The van der Waals surface area contributed by atoms with Crippen molar-refractivity contribution < 1.29 is 8.42 Å². The first-order valence-corrected chi connectivity index (χ1v) is 9.74.